The summed E-state index contributed by atoms with van der Waals surface area (Å²) in [6, 6.07) is 0.562. The molecule has 3 rings (SSSR count). The van der Waals surface area contributed by atoms with Crippen molar-refractivity contribution in [2.45, 2.75) is 24.9 Å². The van der Waals surface area contributed by atoms with Crippen LogP contribution in [0.3, 0.4) is 0 Å². The van der Waals surface area contributed by atoms with E-state index in [0.29, 0.717) is 12.5 Å². The van der Waals surface area contributed by atoms with Gasteiger partial charge in [0.05, 0.1) is 6.04 Å². The molecule has 3 nitrogen and oxygen atoms in total. The van der Waals surface area contributed by atoms with E-state index in [9.17, 15) is 4.79 Å². The Bertz CT molecular complexity index is 228. The molecule has 2 saturated heterocycles. The molecule has 3 heteroatoms. The fourth-order valence-electron chi connectivity index (χ4n) is 2.76. The number of carbonyl (C=O) groups excluding carboxylic acids is 1. The molecule has 1 saturated carbocycles. The van der Waals surface area contributed by atoms with E-state index in [0.717, 1.165) is 18.4 Å². The number of hydrogen-bond acceptors (Lipinski definition) is 2. The topological polar surface area (TPSA) is 46.3 Å². The van der Waals surface area contributed by atoms with Crippen molar-refractivity contribution in [3.63, 3.8) is 0 Å². The highest BCUT2D eigenvalue weighted by Gasteiger charge is 2.58. The largest absolute Gasteiger partial charge is 0.338 e. The Balaban J connectivity index is 1.94. The summed E-state index contributed by atoms with van der Waals surface area (Å²) < 4.78 is 0. The molecular weight excluding hydrogens is 140 g/mol. The Morgan fingerprint density at radius 1 is 1.55 bits per heavy atom. The maximum atomic E-state index is 11.3. The molecule has 0 spiro atoms. The third-order valence-electron chi connectivity index (χ3n) is 3.38. The first-order chi connectivity index (χ1) is 5.27. The number of nitrogens with two attached hydrogens (primary N) is 1. The predicted octanol–water partition coefficient (Wildman–Crippen LogP) is -0.436. The zero-order chi connectivity index (χ0) is 7.59. The minimum absolute atomic E-state index is 0.139. The van der Waals surface area contributed by atoms with E-state index >= 15 is 0 Å². The Kier molecular flexibility index (Phi) is 0.876. The number of rotatable bonds is 0. The fourth-order valence-corrected chi connectivity index (χ4v) is 2.76. The second kappa shape index (κ2) is 1.61. The molecule has 2 heterocycles. The molecule has 0 aromatic carbocycles. The van der Waals surface area contributed by atoms with E-state index in [4.69, 9.17) is 5.73 Å². The van der Waals surface area contributed by atoms with Gasteiger partial charge in [0.25, 0.3) is 0 Å². The molecular formula is C8H12N2O. The van der Waals surface area contributed by atoms with Crippen molar-refractivity contribution >= 4 is 5.91 Å². The van der Waals surface area contributed by atoms with Crippen molar-refractivity contribution in [3.05, 3.63) is 0 Å². The molecule has 0 bridgehead atoms. The van der Waals surface area contributed by atoms with Gasteiger partial charge < -0.3 is 10.6 Å². The Morgan fingerprint density at radius 3 is 3.09 bits per heavy atom. The van der Waals surface area contributed by atoms with Crippen molar-refractivity contribution in [3.8, 4) is 0 Å². The van der Waals surface area contributed by atoms with Crippen LogP contribution in [0.25, 0.3) is 0 Å². The molecule has 2 aliphatic heterocycles. The maximum Gasteiger partial charge on any atom is 0.224 e. The molecule has 3 fully saturated rings. The van der Waals surface area contributed by atoms with Gasteiger partial charge in [-0.2, -0.15) is 0 Å². The van der Waals surface area contributed by atoms with Crippen LogP contribution in [0.15, 0.2) is 0 Å². The third-order valence-corrected chi connectivity index (χ3v) is 3.38. The monoisotopic (exact) mass is 152 g/mol. The van der Waals surface area contributed by atoms with Gasteiger partial charge in [0, 0.05) is 19.0 Å². The smallest absolute Gasteiger partial charge is 0.224 e. The van der Waals surface area contributed by atoms with Gasteiger partial charge in [-0.15, -0.1) is 0 Å². The quantitative estimate of drug-likeness (QED) is 0.511. The van der Waals surface area contributed by atoms with Crippen molar-refractivity contribution in [2.75, 3.05) is 6.54 Å². The number of hydrogen-bond donors (Lipinski definition) is 1. The van der Waals surface area contributed by atoms with Gasteiger partial charge in [-0.3, -0.25) is 4.79 Å². The Morgan fingerprint density at radius 2 is 2.36 bits per heavy atom. The Labute approximate surface area is 65.5 Å². The van der Waals surface area contributed by atoms with Crippen LogP contribution in [0.5, 0.6) is 0 Å². The summed E-state index contributed by atoms with van der Waals surface area (Å²) in [6.45, 7) is 1.00. The fraction of sp³-hybridized carbons (Fsp3) is 0.875. The van der Waals surface area contributed by atoms with Gasteiger partial charge in [-0.05, 0) is 18.3 Å². The van der Waals surface area contributed by atoms with Crippen LogP contribution in [0, 0.1) is 11.8 Å². The molecule has 2 N–H and O–H groups in total. The predicted molar refractivity (Wildman–Crippen MR) is 39.7 cm³/mol. The zero-order valence-electron chi connectivity index (χ0n) is 6.36. The average Bonchev–Trinajstić information content (AvgIpc) is 2.51. The highest BCUT2D eigenvalue weighted by atomic mass is 16.2. The van der Waals surface area contributed by atoms with Crippen LogP contribution in [0.1, 0.15) is 12.8 Å². The van der Waals surface area contributed by atoms with E-state index in [-0.39, 0.29) is 11.9 Å². The van der Waals surface area contributed by atoms with E-state index in [1.165, 1.54) is 6.42 Å². The van der Waals surface area contributed by atoms with Crippen molar-refractivity contribution < 1.29 is 4.79 Å². The highest BCUT2D eigenvalue weighted by Crippen LogP contribution is 2.52. The molecule has 3 aliphatic rings. The summed E-state index contributed by atoms with van der Waals surface area (Å²) in [4.78, 5) is 13.3. The molecule has 0 aromatic rings. The second-order valence-corrected chi connectivity index (χ2v) is 4.06. The van der Waals surface area contributed by atoms with Crippen molar-refractivity contribution in [1.29, 1.82) is 0 Å². The summed E-state index contributed by atoms with van der Waals surface area (Å²) in [5.41, 5.74) is 5.86. The van der Waals surface area contributed by atoms with Gasteiger partial charge in [0.15, 0.2) is 0 Å². The summed E-state index contributed by atoms with van der Waals surface area (Å²) in [6.07, 6.45) is 1.91. The van der Waals surface area contributed by atoms with Gasteiger partial charge >= 0.3 is 0 Å². The molecule has 4 unspecified atom stereocenters. The average molecular weight is 152 g/mol. The van der Waals surface area contributed by atoms with Crippen LogP contribution in [-0.4, -0.2) is 29.4 Å². The first-order valence-corrected chi connectivity index (χ1v) is 4.32. The Hall–Kier alpha value is -0.570. The van der Waals surface area contributed by atoms with Crippen LogP contribution < -0.4 is 5.73 Å². The molecule has 60 valence electrons. The lowest BCUT2D eigenvalue weighted by Gasteiger charge is -2.20. The van der Waals surface area contributed by atoms with Crippen LogP contribution >= 0.6 is 0 Å². The van der Waals surface area contributed by atoms with E-state index < -0.39 is 0 Å². The molecule has 1 amide bonds. The lowest BCUT2D eigenvalue weighted by atomic mass is 10.1. The molecule has 11 heavy (non-hydrogen) atoms. The number of amides is 1. The lowest BCUT2D eigenvalue weighted by molar-refractivity contribution is -0.128. The lowest BCUT2D eigenvalue weighted by Crippen LogP contribution is -2.38. The maximum absolute atomic E-state index is 11.3. The highest BCUT2D eigenvalue weighted by molar-refractivity contribution is 5.80. The standard InChI is InChI=1S/C8H12N2O/c9-6-2-7(11)10-3-4-1-5(4)8(6)10/h4-6,8H,1-3,9H2. The van der Waals surface area contributed by atoms with Crippen LogP contribution in [0.4, 0.5) is 0 Å². The molecule has 4 atom stereocenters. The normalized spacial score (nSPS) is 52.8. The number of carbonyl (C=O) groups is 1. The number of piperidine rings is 1. The summed E-state index contributed by atoms with van der Waals surface area (Å²) in [5.74, 6) is 1.88. The minimum Gasteiger partial charge on any atom is -0.338 e. The van der Waals surface area contributed by atoms with Crippen molar-refractivity contribution in [1.82, 2.24) is 4.90 Å². The first-order valence-electron chi connectivity index (χ1n) is 4.32. The minimum atomic E-state index is 0.139. The van der Waals surface area contributed by atoms with Gasteiger partial charge in [0.1, 0.15) is 0 Å². The summed E-state index contributed by atoms with van der Waals surface area (Å²) in [5, 5.41) is 0. The molecule has 0 aromatic heterocycles. The van der Waals surface area contributed by atoms with Gasteiger partial charge in [-0.1, -0.05) is 0 Å². The summed E-state index contributed by atoms with van der Waals surface area (Å²) in [7, 11) is 0. The first kappa shape index (κ1) is 6.00. The van der Waals surface area contributed by atoms with E-state index in [1.807, 2.05) is 4.90 Å². The van der Waals surface area contributed by atoms with Crippen LogP contribution in [-0.2, 0) is 4.79 Å². The zero-order valence-corrected chi connectivity index (χ0v) is 6.36. The summed E-state index contributed by atoms with van der Waals surface area (Å²) >= 11 is 0. The third kappa shape index (κ3) is 0.601. The molecule has 0 radical (unpaired) electrons. The number of nitrogens with zero attached hydrogens (tertiary/aromatic N) is 1. The van der Waals surface area contributed by atoms with E-state index in [2.05, 4.69) is 0 Å². The number of fused-ring (bicyclic) bond motifs is 3. The second-order valence-electron chi connectivity index (χ2n) is 4.06. The van der Waals surface area contributed by atoms with E-state index in [1.54, 1.807) is 0 Å². The van der Waals surface area contributed by atoms with Gasteiger partial charge in [-0.25, -0.2) is 0 Å². The molecule has 1 aliphatic carbocycles. The van der Waals surface area contributed by atoms with Gasteiger partial charge in [0.2, 0.25) is 5.91 Å². The van der Waals surface area contributed by atoms with Crippen molar-refractivity contribution in [2.24, 2.45) is 17.6 Å². The SMILES string of the molecule is NC1CC(=O)N2CC3CC3C12. The van der Waals surface area contributed by atoms with Crippen LogP contribution in [0.2, 0.25) is 0 Å².